The minimum Gasteiger partial charge on any atom is -0.359 e. The van der Waals surface area contributed by atoms with Crippen molar-refractivity contribution in [2.75, 3.05) is 6.54 Å². The van der Waals surface area contributed by atoms with Crippen LogP contribution in [0, 0.1) is 5.92 Å². The van der Waals surface area contributed by atoms with E-state index < -0.39 is 0 Å². The van der Waals surface area contributed by atoms with Gasteiger partial charge < -0.3 is 9.42 Å². The van der Waals surface area contributed by atoms with E-state index in [1.807, 2.05) is 29.2 Å². The van der Waals surface area contributed by atoms with Crippen molar-refractivity contribution in [3.63, 3.8) is 0 Å². The Morgan fingerprint density at radius 3 is 2.77 bits per heavy atom. The SMILES string of the molecule is CC(C)c1cc(CN2CC(Cc3ccccc3)CC2=O)on1. The minimum absolute atomic E-state index is 0.212. The summed E-state index contributed by atoms with van der Waals surface area (Å²) in [6.45, 7) is 5.49. The Labute approximate surface area is 131 Å². The number of likely N-dealkylation sites (tertiary alicyclic amines) is 1. The molecule has 0 bridgehead atoms. The lowest BCUT2D eigenvalue weighted by Crippen LogP contribution is -2.24. The molecular formula is C18H22N2O2. The van der Waals surface area contributed by atoms with Crippen LogP contribution in [-0.4, -0.2) is 22.5 Å². The summed E-state index contributed by atoms with van der Waals surface area (Å²) in [5, 5.41) is 4.06. The van der Waals surface area contributed by atoms with E-state index in [-0.39, 0.29) is 5.91 Å². The molecule has 1 unspecified atom stereocenters. The lowest BCUT2D eigenvalue weighted by molar-refractivity contribution is -0.128. The summed E-state index contributed by atoms with van der Waals surface area (Å²) < 4.78 is 5.35. The van der Waals surface area contributed by atoms with Gasteiger partial charge in [0.2, 0.25) is 5.91 Å². The van der Waals surface area contributed by atoms with Crippen molar-refractivity contribution in [1.29, 1.82) is 0 Å². The fraction of sp³-hybridized carbons (Fsp3) is 0.444. The van der Waals surface area contributed by atoms with Gasteiger partial charge in [-0.05, 0) is 23.8 Å². The summed E-state index contributed by atoms with van der Waals surface area (Å²) >= 11 is 0. The van der Waals surface area contributed by atoms with E-state index in [0.29, 0.717) is 24.8 Å². The zero-order valence-electron chi connectivity index (χ0n) is 13.2. The molecule has 0 spiro atoms. The molecule has 1 aliphatic rings. The van der Waals surface area contributed by atoms with Crippen molar-refractivity contribution in [1.82, 2.24) is 10.1 Å². The van der Waals surface area contributed by atoms with Gasteiger partial charge in [0.25, 0.3) is 0 Å². The van der Waals surface area contributed by atoms with Gasteiger partial charge in [-0.25, -0.2) is 0 Å². The Hall–Kier alpha value is -2.10. The van der Waals surface area contributed by atoms with E-state index in [4.69, 9.17) is 4.52 Å². The fourth-order valence-corrected chi connectivity index (χ4v) is 2.95. The molecule has 2 aromatic rings. The number of nitrogens with zero attached hydrogens (tertiary/aromatic N) is 2. The summed E-state index contributed by atoms with van der Waals surface area (Å²) in [6, 6.07) is 12.3. The van der Waals surface area contributed by atoms with E-state index >= 15 is 0 Å². The number of hydrogen-bond acceptors (Lipinski definition) is 3. The van der Waals surface area contributed by atoms with Gasteiger partial charge in [-0.15, -0.1) is 0 Å². The first-order valence-corrected chi connectivity index (χ1v) is 7.89. The Kier molecular flexibility index (Phi) is 4.27. The summed E-state index contributed by atoms with van der Waals surface area (Å²) in [6.07, 6.45) is 1.58. The van der Waals surface area contributed by atoms with Gasteiger partial charge in [0, 0.05) is 19.0 Å². The highest BCUT2D eigenvalue weighted by Gasteiger charge is 2.30. The largest absolute Gasteiger partial charge is 0.359 e. The van der Waals surface area contributed by atoms with Crippen LogP contribution in [0.5, 0.6) is 0 Å². The molecule has 0 radical (unpaired) electrons. The smallest absolute Gasteiger partial charge is 0.223 e. The quantitative estimate of drug-likeness (QED) is 0.850. The minimum atomic E-state index is 0.212. The Morgan fingerprint density at radius 2 is 2.09 bits per heavy atom. The highest BCUT2D eigenvalue weighted by Crippen LogP contribution is 2.24. The Morgan fingerprint density at radius 1 is 1.32 bits per heavy atom. The van der Waals surface area contributed by atoms with Gasteiger partial charge in [0.15, 0.2) is 5.76 Å². The van der Waals surface area contributed by atoms with Crippen LogP contribution in [0.15, 0.2) is 40.9 Å². The molecule has 22 heavy (non-hydrogen) atoms. The second-order valence-electron chi connectivity index (χ2n) is 6.41. The average Bonchev–Trinajstić information content (AvgIpc) is 3.08. The summed E-state index contributed by atoms with van der Waals surface area (Å²) in [5.74, 6) is 1.72. The number of benzene rings is 1. The molecule has 1 aromatic heterocycles. The maximum absolute atomic E-state index is 12.2. The first-order valence-electron chi connectivity index (χ1n) is 7.89. The molecule has 116 valence electrons. The van der Waals surface area contributed by atoms with E-state index in [9.17, 15) is 4.79 Å². The second kappa shape index (κ2) is 6.34. The summed E-state index contributed by atoms with van der Waals surface area (Å²) in [4.78, 5) is 14.1. The van der Waals surface area contributed by atoms with Crippen molar-refractivity contribution in [2.45, 2.75) is 39.2 Å². The standard InChI is InChI=1S/C18H22N2O2/c1-13(2)17-10-16(22-19-17)12-20-11-15(9-18(20)21)8-14-6-4-3-5-7-14/h3-7,10,13,15H,8-9,11-12H2,1-2H3. The molecule has 1 aromatic carbocycles. The average molecular weight is 298 g/mol. The Balaban J connectivity index is 1.59. The highest BCUT2D eigenvalue weighted by atomic mass is 16.5. The van der Waals surface area contributed by atoms with Gasteiger partial charge in [0.05, 0.1) is 12.2 Å². The maximum Gasteiger partial charge on any atom is 0.223 e. The monoisotopic (exact) mass is 298 g/mol. The molecule has 0 N–H and O–H groups in total. The van der Waals surface area contributed by atoms with E-state index in [2.05, 4.69) is 31.1 Å². The van der Waals surface area contributed by atoms with Crippen LogP contribution < -0.4 is 0 Å². The predicted molar refractivity (Wildman–Crippen MR) is 84.3 cm³/mol. The van der Waals surface area contributed by atoms with Crippen LogP contribution in [-0.2, 0) is 17.8 Å². The van der Waals surface area contributed by atoms with Crippen LogP contribution in [0.4, 0.5) is 0 Å². The molecule has 1 amide bonds. The van der Waals surface area contributed by atoms with E-state index in [0.717, 1.165) is 24.4 Å². The molecule has 4 nitrogen and oxygen atoms in total. The number of carbonyl (C=O) groups excluding carboxylic acids is 1. The van der Waals surface area contributed by atoms with Crippen LogP contribution in [0.2, 0.25) is 0 Å². The molecule has 1 saturated heterocycles. The lowest BCUT2D eigenvalue weighted by atomic mass is 9.99. The van der Waals surface area contributed by atoms with Crippen LogP contribution in [0.1, 0.15) is 43.2 Å². The van der Waals surface area contributed by atoms with Gasteiger partial charge in [-0.2, -0.15) is 0 Å². The molecule has 0 saturated carbocycles. The lowest BCUT2D eigenvalue weighted by Gasteiger charge is -2.14. The molecule has 1 atom stereocenters. The van der Waals surface area contributed by atoms with E-state index in [1.165, 1.54) is 5.56 Å². The first-order chi connectivity index (χ1) is 10.6. The predicted octanol–water partition coefficient (Wildman–Crippen LogP) is 3.39. The third-order valence-corrected chi connectivity index (χ3v) is 4.18. The molecule has 4 heteroatoms. The molecule has 1 aliphatic heterocycles. The normalized spacial score (nSPS) is 18.4. The third kappa shape index (κ3) is 3.38. The molecular weight excluding hydrogens is 276 g/mol. The topological polar surface area (TPSA) is 46.3 Å². The fourth-order valence-electron chi connectivity index (χ4n) is 2.95. The van der Waals surface area contributed by atoms with E-state index in [1.54, 1.807) is 0 Å². The van der Waals surface area contributed by atoms with Crippen molar-refractivity contribution in [3.8, 4) is 0 Å². The molecule has 3 rings (SSSR count). The van der Waals surface area contributed by atoms with Crippen molar-refractivity contribution in [3.05, 3.63) is 53.4 Å². The van der Waals surface area contributed by atoms with Crippen molar-refractivity contribution in [2.24, 2.45) is 5.92 Å². The number of amides is 1. The van der Waals surface area contributed by atoms with Crippen molar-refractivity contribution >= 4 is 5.91 Å². The number of rotatable bonds is 5. The zero-order valence-corrected chi connectivity index (χ0v) is 13.2. The van der Waals surface area contributed by atoms with Gasteiger partial charge in [-0.1, -0.05) is 49.3 Å². The van der Waals surface area contributed by atoms with Gasteiger partial charge in [-0.3, -0.25) is 4.79 Å². The summed E-state index contributed by atoms with van der Waals surface area (Å²) in [7, 11) is 0. The van der Waals surface area contributed by atoms with Crippen LogP contribution in [0.25, 0.3) is 0 Å². The summed E-state index contributed by atoms with van der Waals surface area (Å²) in [5.41, 5.74) is 2.24. The highest BCUT2D eigenvalue weighted by molar-refractivity contribution is 5.78. The Bertz CT molecular complexity index is 634. The number of aromatic nitrogens is 1. The molecule has 0 aliphatic carbocycles. The molecule has 1 fully saturated rings. The zero-order chi connectivity index (χ0) is 15.5. The van der Waals surface area contributed by atoms with Crippen LogP contribution >= 0.6 is 0 Å². The molecule has 2 heterocycles. The van der Waals surface area contributed by atoms with Crippen LogP contribution in [0.3, 0.4) is 0 Å². The van der Waals surface area contributed by atoms with Crippen molar-refractivity contribution < 1.29 is 9.32 Å². The van der Waals surface area contributed by atoms with Gasteiger partial charge in [0.1, 0.15) is 0 Å². The number of carbonyl (C=O) groups is 1. The number of hydrogen-bond donors (Lipinski definition) is 0. The van der Waals surface area contributed by atoms with Gasteiger partial charge >= 0.3 is 0 Å². The third-order valence-electron chi connectivity index (χ3n) is 4.18. The maximum atomic E-state index is 12.2. The first kappa shape index (κ1) is 14.8. The second-order valence-corrected chi connectivity index (χ2v) is 6.41.